The molecule has 3 fully saturated rings. The van der Waals surface area contributed by atoms with Gasteiger partial charge in [-0.1, -0.05) is 65.8 Å². The molecule has 1 aromatic heterocycles. The van der Waals surface area contributed by atoms with E-state index in [-0.39, 0.29) is 28.3 Å². The van der Waals surface area contributed by atoms with Gasteiger partial charge in [0.25, 0.3) is 17.7 Å². The van der Waals surface area contributed by atoms with Crippen LogP contribution in [0.15, 0.2) is 83.3 Å². The number of thiazole rings is 1. The molecule has 0 N–H and O–H groups in total. The second-order valence-corrected chi connectivity index (χ2v) is 21.3. The number of alkyl halides is 2. The number of nitrogens with zero attached hydrogens (tertiary/aromatic N) is 4. The summed E-state index contributed by atoms with van der Waals surface area (Å²) in [5.41, 5.74) is -6.44. The Kier molecular flexibility index (Phi) is 12.4. The van der Waals surface area contributed by atoms with Crippen molar-refractivity contribution in [3.63, 3.8) is 0 Å². The lowest BCUT2D eigenvalue weighted by molar-refractivity contribution is -0.263. The largest absolute Gasteiger partial charge is 0.457 e. The number of aryl methyl sites for hydroxylation is 1. The molecule has 21 heteroatoms. The third-order valence-electron chi connectivity index (χ3n) is 12.5. The number of hydrogen-bond donors (Lipinski definition) is 0. The number of hydrogen-bond acceptors (Lipinski definition) is 17. The highest BCUT2D eigenvalue weighted by atomic mass is 32.1. The second-order valence-electron chi connectivity index (χ2n) is 20.2. The number of amides is 3. The van der Waals surface area contributed by atoms with E-state index in [0.717, 1.165) is 11.3 Å². The van der Waals surface area contributed by atoms with Gasteiger partial charge in [-0.25, -0.2) is 28.1 Å². The van der Waals surface area contributed by atoms with Gasteiger partial charge in [0.2, 0.25) is 11.5 Å². The molecule has 72 heavy (non-hydrogen) atoms. The average Bonchev–Trinajstić information content (AvgIpc) is 4.14. The quantitative estimate of drug-likeness (QED) is 0.0453. The van der Waals surface area contributed by atoms with Gasteiger partial charge < -0.3 is 28.5 Å². The van der Waals surface area contributed by atoms with Crippen molar-refractivity contribution in [2.75, 3.05) is 6.61 Å². The summed E-state index contributed by atoms with van der Waals surface area (Å²) in [6, 6.07) is 19.0. The van der Waals surface area contributed by atoms with Crippen LogP contribution in [0.4, 0.5) is 8.78 Å². The number of carbonyl (C=O) groups excluding carboxylic acids is 7. The molecule has 3 atom stereocenters. The van der Waals surface area contributed by atoms with Crippen LogP contribution in [0.5, 0.6) is 11.5 Å². The van der Waals surface area contributed by atoms with Gasteiger partial charge >= 0.3 is 29.4 Å². The number of hydroxylamine groups is 2. The number of cyclic esters (lactones) is 1. The first-order valence-electron chi connectivity index (χ1n) is 23.2. The first kappa shape index (κ1) is 49.8. The van der Waals surface area contributed by atoms with Gasteiger partial charge in [-0.3, -0.25) is 28.9 Å². The molecule has 3 aromatic carbocycles. The molecule has 0 bridgehead atoms. The van der Waals surface area contributed by atoms with Crippen molar-refractivity contribution in [3.05, 3.63) is 111 Å². The molecule has 1 saturated carbocycles. The number of benzene rings is 3. The highest BCUT2D eigenvalue weighted by Gasteiger charge is 2.66. The van der Waals surface area contributed by atoms with Crippen molar-refractivity contribution < 1.29 is 75.7 Å². The van der Waals surface area contributed by atoms with Crippen molar-refractivity contribution in [1.29, 1.82) is 0 Å². The zero-order chi connectivity index (χ0) is 51.8. The molecular formula is C51H50F2N4O14S. The predicted molar refractivity (Wildman–Crippen MR) is 247 cm³/mol. The average molecular weight is 1010 g/mol. The molecule has 5 aliphatic rings. The third-order valence-corrected chi connectivity index (χ3v) is 13.3. The zero-order valence-corrected chi connectivity index (χ0v) is 41.1. The Morgan fingerprint density at radius 1 is 0.792 bits per heavy atom. The van der Waals surface area contributed by atoms with Crippen LogP contribution >= 0.6 is 11.3 Å². The van der Waals surface area contributed by atoms with E-state index in [0.29, 0.717) is 26.1 Å². The number of esters is 3. The number of aromatic nitrogens is 1. The lowest BCUT2D eigenvalue weighted by atomic mass is 9.82. The van der Waals surface area contributed by atoms with Gasteiger partial charge in [0.15, 0.2) is 23.0 Å². The van der Waals surface area contributed by atoms with Crippen molar-refractivity contribution in [2.45, 2.75) is 127 Å². The minimum Gasteiger partial charge on any atom is -0.457 e. The predicted octanol–water partition coefficient (Wildman–Crippen LogP) is 7.13. The number of halogens is 2. The fourth-order valence-corrected chi connectivity index (χ4v) is 9.65. The molecule has 4 aromatic rings. The van der Waals surface area contributed by atoms with Crippen LogP contribution in [0, 0.1) is 12.8 Å². The first-order valence-corrected chi connectivity index (χ1v) is 24.0. The van der Waals surface area contributed by atoms with Crippen LogP contribution in [0.3, 0.4) is 0 Å². The van der Waals surface area contributed by atoms with Crippen molar-refractivity contribution in [1.82, 2.24) is 14.9 Å². The summed E-state index contributed by atoms with van der Waals surface area (Å²) in [4.78, 5) is 116. The minimum atomic E-state index is -3.09. The van der Waals surface area contributed by atoms with E-state index >= 15 is 0 Å². The molecule has 1 aliphatic carbocycles. The molecule has 1 unspecified atom stereocenters. The van der Waals surface area contributed by atoms with E-state index in [1.807, 2.05) is 60.7 Å². The number of fused-ring (bicyclic) bond motifs is 2. The van der Waals surface area contributed by atoms with Gasteiger partial charge in [0.1, 0.15) is 22.9 Å². The van der Waals surface area contributed by atoms with E-state index in [1.54, 1.807) is 27.7 Å². The lowest BCUT2D eigenvalue weighted by Crippen LogP contribution is -2.57. The van der Waals surface area contributed by atoms with E-state index < -0.39 is 138 Å². The van der Waals surface area contributed by atoms with Crippen molar-refractivity contribution in [3.8, 4) is 11.5 Å². The molecule has 0 radical (unpaired) electrons. The summed E-state index contributed by atoms with van der Waals surface area (Å²) < 4.78 is 58.8. The summed E-state index contributed by atoms with van der Waals surface area (Å²) in [6.45, 7) is 10.5. The van der Waals surface area contributed by atoms with Crippen LogP contribution < -0.4 is 9.47 Å². The Bertz CT molecular complexity index is 2840. The molecule has 4 aliphatic heterocycles. The Hall–Kier alpha value is -7.13. The first-order chi connectivity index (χ1) is 33.8. The number of ketones is 1. The molecule has 0 spiro atoms. The summed E-state index contributed by atoms with van der Waals surface area (Å²) >= 11 is 1.15. The van der Waals surface area contributed by atoms with Crippen LogP contribution in [-0.2, 0) is 53.6 Å². The van der Waals surface area contributed by atoms with Crippen LogP contribution in [-0.4, -0.2) is 103 Å². The number of oxime groups is 1. The minimum absolute atomic E-state index is 0.000000875. The lowest BCUT2D eigenvalue weighted by Gasteiger charge is -2.37. The SMILES string of the molecule is Cc1nc(/C(=N/OC2(C(=O)OC(C)(C)C)CCC(F)(F)CC2)C(=O)C[C@H]2CON(C3(C(=O)OC(C)(C)C)C[C@H](N4C(=O)c5cc6c(cc5C4=O)OC(c4ccccc4)(c4ccccc4)O6)C(=O)O3)C2=O)cs1. The monoisotopic (exact) mass is 1010 g/mol. The Morgan fingerprint density at radius 3 is 1.85 bits per heavy atom. The molecule has 9 rings (SSSR count). The van der Waals surface area contributed by atoms with Crippen LogP contribution in [0.2, 0.25) is 0 Å². The normalized spacial score (nSPS) is 23.2. The Balaban J connectivity index is 0.975. The van der Waals surface area contributed by atoms with Crippen LogP contribution in [0.1, 0.15) is 123 Å². The van der Waals surface area contributed by atoms with Crippen LogP contribution in [0.25, 0.3) is 0 Å². The smallest absolute Gasteiger partial charge is 0.375 e. The maximum absolute atomic E-state index is 14.5. The summed E-state index contributed by atoms with van der Waals surface area (Å²) in [5.74, 6) is -12.9. The number of ether oxygens (including phenoxy) is 5. The van der Waals surface area contributed by atoms with E-state index in [4.69, 9.17) is 33.4 Å². The highest BCUT2D eigenvalue weighted by Crippen LogP contribution is 2.51. The van der Waals surface area contributed by atoms with Gasteiger partial charge in [-0.05, 0) is 60.6 Å². The van der Waals surface area contributed by atoms with Gasteiger partial charge in [-0.15, -0.1) is 11.3 Å². The molecule has 18 nitrogen and oxygen atoms in total. The topological polar surface area (TPSA) is 216 Å². The Morgan fingerprint density at radius 2 is 1.33 bits per heavy atom. The summed E-state index contributed by atoms with van der Waals surface area (Å²) in [7, 11) is 0. The number of carbonyl (C=O) groups is 7. The fourth-order valence-electron chi connectivity index (χ4n) is 9.05. The Labute approximate surface area is 415 Å². The standard InChI is InChI=1S/C51H50F2N4O14S/c1-28-54-34(27-72-28)39(55-71-48(44(63)69-46(2,3)4)18-20-49(52,53)21-19-48)36(58)22-29-26-65-57(40(29)59)50(45(64)70-47(5,6)7)25-35(43(62)68-50)56-41(60)32-23-37-38(24-33(32)42(56)61)67-51(66-37,30-14-10-8-11-15-30)31-16-12-9-13-17-31/h8-17,23-24,27,29,35H,18-22,25-26H2,1-7H3/b55-39-/t29-,35-,50?/m0/s1. The van der Waals surface area contributed by atoms with Gasteiger partial charge in [0.05, 0.1) is 35.1 Å². The molecular weight excluding hydrogens is 963 g/mol. The maximum Gasteiger partial charge on any atom is 0.375 e. The maximum atomic E-state index is 14.5. The van der Waals surface area contributed by atoms with Gasteiger partial charge in [0, 0.05) is 48.6 Å². The van der Waals surface area contributed by atoms with E-state index in [2.05, 4.69) is 10.1 Å². The van der Waals surface area contributed by atoms with Gasteiger partial charge in [-0.2, -0.15) is 5.06 Å². The third kappa shape index (κ3) is 9.07. The van der Waals surface area contributed by atoms with Crippen molar-refractivity contribution in [2.24, 2.45) is 11.1 Å². The number of rotatable bonds is 12. The summed E-state index contributed by atoms with van der Waals surface area (Å²) in [6.07, 6.45) is -3.92. The highest BCUT2D eigenvalue weighted by molar-refractivity contribution is 7.09. The number of imide groups is 1. The zero-order valence-electron chi connectivity index (χ0n) is 40.3. The van der Waals surface area contributed by atoms with Crippen molar-refractivity contribution >= 4 is 58.5 Å². The number of Topliss-reactive ketones (excluding diaryl/α,β-unsaturated/α-hetero) is 1. The van der Waals surface area contributed by atoms with E-state index in [1.165, 1.54) is 38.3 Å². The summed E-state index contributed by atoms with van der Waals surface area (Å²) in [5, 5.41) is 6.54. The second kappa shape index (κ2) is 17.9. The molecule has 5 heterocycles. The molecule has 2 saturated heterocycles. The fraction of sp³-hybridized carbons (Fsp3) is 0.431. The molecule has 378 valence electrons. The van der Waals surface area contributed by atoms with E-state index in [9.17, 15) is 42.3 Å². The molecule has 3 amide bonds.